The van der Waals surface area contributed by atoms with Gasteiger partial charge in [0.2, 0.25) is 0 Å². The van der Waals surface area contributed by atoms with Gasteiger partial charge in [-0.25, -0.2) is 0 Å². The van der Waals surface area contributed by atoms with Crippen LogP contribution in [0.2, 0.25) is 0 Å². The van der Waals surface area contributed by atoms with Gasteiger partial charge in [-0.05, 0) is 25.9 Å². The summed E-state index contributed by atoms with van der Waals surface area (Å²) in [6, 6.07) is 60.2. The number of rotatable bonds is 8. The average Bonchev–Trinajstić information content (AvgIpc) is 3.13. The standard InChI is InChI=1S/C36H30Cl2O4Si4/c37-45(38,35-27-15-5-16-28-35)42-46(36-29-17-6-18-30-36)40-43(31-19-7-1-8-20-31,32-21-9-2-10-22-32)39-44(41-46,33-23-11-3-12-24-33)34-25-13-4-14-26-34/h1-30H. The van der Waals surface area contributed by atoms with Crippen LogP contribution >= 0.6 is 22.2 Å². The molecule has 4 nitrogen and oxygen atoms in total. The lowest BCUT2D eigenvalue weighted by Crippen LogP contribution is -2.87. The van der Waals surface area contributed by atoms with Gasteiger partial charge >= 0.3 is 32.9 Å². The molecule has 0 aliphatic carbocycles. The van der Waals surface area contributed by atoms with Gasteiger partial charge in [0.05, 0.1) is 0 Å². The lowest BCUT2D eigenvalue weighted by molar-refractivity contribution is 0.196. The zero-order valence-corrected chi connectivity index (χ0v) is 30.2. The van der Waals surface area contributed by atoms with Crippen LogP contribution in [0, 0.1) is 0 Å². The molecule has 0 atom stereocenters. The van der Waals surface area contributed by atoms with Crippen molar-refractivity contribution in [2.24, 2.45) is 0 Å². The van der Waals surface area contributed by atoms with Gasteiger partial charge in [0.1, 0.15) is 0 Å². The van der Waals surface area contributed by atoms with E-state index in [1.54, 1.807) is 0 Å². The molecule has 1 saturated heterocycles. The summed E-state index contributed by atoms with van der Waals surface area (Å²) in [5.74, 6) is 0. The Labute approximate surface area is 283 Å². The molecule has 0 bridgehead atoms. The van der Waals surface area contributed by atoms with E-state index in [-0.39, 0.29) is 0 Å². The van der Waals surface area contributed by atoms with E-state index in [1.165, 1.54) is 0 Å². The van der Waals surface area contributed by atoms with Crippen molar-refractivity contribution in [1.29, 1.82) is 0 Å². The fourth-order valence-corrected chi connectivity index (χ4v) is 27.1. The van der Waals surface area contributed by atoms with Crippen molar-refractivity contribution in [2.75, 3.05) is 0 Å². The molecule has 0 N–H and O–H groups in total. The SMILES string of the molecule is Cl[Si](Cl)(O[Si]1(c2ccccc2)O[Si](c2ccccc2)(c2ccccc2)O[Si](c2ccccc2)(c2ccccc2)O1)c1ccccc1. The first kappa shape index (κ1) is 31.2. The third kappa shape index (κ3) is 5.82. The van der Waals surface area contributed by atoms with Crippen LogP contribution in [0.25, 0.3) is 0 Å². The molecule has 0 aromatic heterocycles. The van der Waals surface area contributed by atoms with Gasteiger partial charge in [0.15, 0.2) is 0 Å². The molecule has 1 aliphatic heterocycles. The normalized spacial score (nSPS) is 16.8. The predicted octanol–water partition coefficient (Wildman–Crippen LogP) is 4.75. The molecule has 0 amide bonds. The maximum atomic E-state index is 7.72. The minimum atomic E-state index is -4.08. The van der Waals surface area contributed by atoms with E-state index in [0.717, 1.165) is 25.9 Å². The molecule has 46 heavy (non-hydrogen) atoms. The Balaban J connectivity index is 1.59. The first-order valence-electron chi connectivity index (χ1n) is 15.0. The Morgan fingerprint density at radius 2 is 0.652 bits per heavy atom. The van der Waals surface area contributed by atoms with E-state index in [4.69, 9.17) is 38.6 Å². The summed E-state index contributed by atoms with van der Waals surface area (Å²) in [7, 11) is -11.4. The first-order valence-corrected chi connectivity index (χ1v) is 24.3. The van der Waals surface area contributed by atoms with Crippen LogP contribution in [0.1, 0.15) is 0 Å². The third-order valence-corrected chi connectivity index (χ3v) is 25.9. The second kappa shape index (κ2) is 13.0. The van der Waals surface area contributed by atoms with Crippen molar-refractivity contribution >= 4 is 86.1 Å². The highest BCUT2D eigenvalue weighted by Gasteiger charge is 2.70. The van der Waals surface area contributed by atoms with Crippen LogP contribution in [0.4, 0.5) is 0 Å². The van der Waals surface area contributed by atoms with Crippen molar-refractivity contribution in [3.05, 3.63) is 182 Å². The molecule has 1 fully saturated rings. The molecule has 1 heterocycles. The highest BCUT2D eigenvalue weighted by Crippen LogP contribution is 2.35. The zero-order chi connectivity index (χ0) is 31.5. The van der Waals surface area contributed by atoms with Crippen molar-refractivity contribution in [2.45, 2.75) is 0 Å². The fraction of sp³-hybridized carbons (Fsp3) is 0. The lowest BCUT2D eigenvalue weighted by Gasteiger charge is -2.53. The molecule has 1 aliphatic rings. The van der Waals surface area contributed by atoms with Crippen LogP contribution in [-0.4, -0.2) is 32.9 Å². The number of benzene rings is 6. The van der Waals surface area contributed by atoms with Crippen LogP contribution in [0.5, 0.6) is 0 Å². The van der Waals surface area contributed by atoms with Crippen LogP contribution < -0.4 is 31.1 Å². The number of hydrogen-bond acceptors (Lipinski definition) is 4. The van der Waals surface area contributed by atoms with Gasteiger partial charge in [0.25, 0.3) is 0 Å². The maximum Gasteiger partial charge on any atom is 0.511 e. The van der Waals surface area contributed by atoms with E-state index >= 15 is 0 Å². The largest absolute Gasteiger partial charge is 0.511 e. The molecule has 0 unspecified atom stereocenters. The van der Waals surface area contributed by atoms with Crippen LogP contribution in [0.15, 0.2) is 182 Å². The Morgan fingerprint density at radius 1 is 0.370 bits per heavy atom. The lowest BCUT2D eigenvalue weighted by atomic mass is 10.4. The predicted molar refractivity (Wildman–Crippen MR) is 196 cm³/mol. The summed E-state index contributed by atoms with van der Waals surface area (Å²) in [6.07, 6.45) is 0. The minimum absolute atomic E-state index is 0.707. The maximum absolute atomic E-state index is 7.72. The Morgan fingerprint density at radius 3 is 0.978 bits per heavy atom. The number of halogens is 2. The molecule has 6 aromatic rings. The molecule has 228 valence electrons. The molecule has 0 spiro atoms. The summed E-state index contributed by atoms with van der Waals surface area (Å²) in [6.45, 7) is -3.71. The van der Waals surface area contributed by atoms with Gasteiger partial charge in [-0.1, -0.05) is 182 Å². The molecule has 6 aromatic carbocycles. The molecular weight excluding hydrogens is 680 g/mol. The second-order valence-electron chi connectivity index (χ2n) is 10.9. The van der Waals surface area contributed by atoms with Gasteiger partial charge in [-0.15, -0.1) is 22.2 Å². The number of hydrogen-bond donors (Lipinski definition) is 0. The molecule has 10 heteroatoms. The first-order chi connectivity index (χ1) is 22.5. The topological polar surface area (TPSA) is 36.9 Å². The minimum Gasteiger partial charge on any atom is -0.402 e. The summed E-state index contributed by atoms with van der Waals surface area (Å²) in [5.41, 5.74) is 0. The Hall–Kier alpha value is -3.39. The van der Waals surface area contributed by atoms with Gasteiger partial charge in [0, 0.05) is 5.19 Å². The highest BCUT2D eigenvalue weighted by atomic mass is 35.7. The summed E-state index contributed by atoms with van der Waals surface area (Å²) in [5, 5.41) is 5.20. The van der Waals surface area contributed by atoms with Crippen LogP contribution in [-0.2, 0) is 16.5 Å². The van der Waals surface area contributed by atoms with Crippen molar-refractivity contribution in [1.82, 2.24) is 0 Å². The summed E-state index contributed by atoms with van der Waals surface area (Å²) < 4.78 is 30.1. The second-order valence-corrected chi connectivity index (χ2v) is 26.0. The van der Waals surface area contributed by atoms with Crippen molar-refractivity contribution in [3.63, 3.8) is 0 Å². The molecule has 7 rings (SSSR count). The Bertz CT molecular complexity index is 1700. The summed E-state index contributed by atoms with van der Waals surface area (Å²) in [4.78, 5) is 0. The van der Waals surface area contributed by atoms with Gasteiger partial charge in [-0.2, -0.15) is 0 Å². The van der Waals surface area contributed by atoms with E-state index in [9.17, 15) is 0 Å². The van der Waals surface area contributed by atoms with Crippen molar-refractivity contribution in [3.8, 4) is 0 Å². The third-order valence-electron chi connectivity index (χ3n) is 7.96. The fourth-order valence-electron chi connectivity index (χ4n) is 5.80. The smallest absolute Gasteiger partial charge is 0.402 e. The van der Waals surface area contributed by atoms with E-state index in [1.807, 2.05) is 133 Å². The van der Waals surface area contributed by atoms with Gasteiger partial charge < -0.3 is 16.5 Å². The zero-order valence-electron chi connectivity index (χ0n) is 24.7. The average molecular weight is 710 g/mol. The molecule has 0 radical (unpaired) electrons. The van der Waals surface area contributed by atoms with E-state index in [0.29, 0.717) is 5.19 Å². The molecular formula is C36H30Cl2O4Si4. The van der Waals surface area contributed by atoms with E-state index < -0.39 is 32.9 Å². The van der Waals surface area contributed by atoms with Gasteiger partial charge in [-0.3, -0.25) is 0 Å². The van der Waals surface area contributed by atoms with Crippen LogP contribution in [0.3, 0.4) is 0 Å². The monoisotopic (exact) mass is 708 g/mol. The van der Waals surface area contributed by atoms with Crippen molar-refractivity contribution < 1.29 is 16.5 Å². The molecule has 0 saturated carbocycles. The van der Waals surface area contributed by atoms with E-state index in [2.05, 4.69) is 48.5 Å². The Kier molecular flexibility index (Phi) is 8.83. The quantitative estimate of drug-likeness (QED) is 0.169. The highest BCUT2D eigenvalue weighted by molar-refractivity contribution is 7.49. The summed E-state index contributed by atoms with van der Waals surface area (Å²) >= 11 is 14.7.